The Morgan fingerprint density at radius 2 is 1.87 bits per heavy atom. The zero-order valence-corrected chi connectivity index (χ0v) is 13.7. The molecule has 2 aromatic rings. The third-order valence-corrected chi connectivity index (χ3v) is 4.52. The molecule has 0 aromatic heterocycles. The summed E-state index contributed by atoms with van der Waals surface area (Å²) in [7, 11) is 0. The predicted molar refractivity (Wildman–Crippen MR) is 92.7 cm³/mol. The van der Waals surface area contributed by atoms with Crippen LogP contribution in [0.1, 0.15) is 30.0 Å². The van der Waals surface area contributed by atoms with E-state index >= 15 is 0 Å². The number of hydrogen-bond acceptors (Lipinski definition) is 3. The fraction of sp³-hybridized carbons (Fsp3) is 0.400. The molecule has 1 aliphatic rings. The first-order valence-electron chi connectivity index (χ1n) is 8.39. The molecule has 2 aromatic carbocycles. The molecule has 1 heterocycles. The van der Waals surface area contributed by atoms with Crippen LogP contribution in [0.2, 0.25) is 0 Å². The van der Waals surface area contributed by atoms with E-state index < -0.39 is 6.10 Å². The number of likely N-dealkylation sites (tertiary alicyclic amines) is 1. The average Bonchev–Trinajstić information content (AvgIpc) is 3.03. The van der Waals surface area contributed by atoms with Crippen LogP contribution in [-0.2, 0) is 0 Å². The normalized spacial score (nSPS) is 19.7. The van der Waals surface area contributed by atoms with Crippen molar-refractivity contribution in [3.8, 4) is 5.75 Å². The van der Waals surface area contributed by atoms with E-state index in [4.69, 9.17) is 4.74 Å². The first kappa shape index (κ1) is 16.0. The SMILES string of the molecule is Cc1ccccc1OCC(O)CN1CCCC1c1ccccc1. The van der Waals surface area contributed by atoms with Gasteiger partial charge in [-0.1, -0.05) is 48.5 Å². The smallest absolute Gasteiger partial charge is 0.122 e. The Labute approximate surface area is 138 Å². The number of ether oxygens (including phenoxy) is 1. The Morgan fingerprint density at radius 3 is 2.65 bits per heavy atom. The maximum Gasteiger partial charge on any atom is 0.122 e. The number of hydrogen-bond donors (Lipinski definition) is 1. The van der Waals surface area contributed by atoms with E-state index in [1.807, 2.05) is 37.3 Å². The van der Waals surface area contributed by atoms with Gasteiger partial charge in [-0.25, -0.2) is 0 Å². The number of nitrogens with zero attached hydrogens (tertiary/aromatic N) is 1. The molecule has 122 valence electrons. The van der Waals surface area contributed by atoms with Crippen molar-refractivity contribution in [2.45, 2.75) is 31.9 Å². The van der Waals surface area contributed by atoms with Gasteiger partial charge in [0.25, 0.3) is 0 Å². The van der Waals surface area contributed by atoms with Gasteiger partial charge >= 0.3 is 0 Å². The standard InChI is InChI=1S/C20H25NO2/c1-16-8-5-6-12-20(16)23-15-18(22)14-21-13-7-11-19(21)17-9-3-2-4-10-17/h2-6,8-10,12,18-19,22H,7,11,13-15H2,1H3. The lowest BCUT2D eigenvalue weighted by atomic mass is 10.0. The minimum absolute atomic E-state index is 0.336. The summed E-state index contributed by atoms with van der Waals surface area (Å²) >= 11 is 0. The first-order chi connectivity index (χ1) is 11.2. The molecule has 3 nitrogen and oxygen atoms in total. The lowest BCUT2D eigenvalue weighted by molar-refractivity contribution is 0.0636. The Bertz CT molecular complexity index is 614. The van der Waals surface area contributed by atoms with Crippen LogP contribution in [0.5, 0.6) is 5.75 Å². The van der Waals surface area contributed by atoms with E-state index in [0.29, 0.717) is 19.2 Å². The van der Waals surface area contributed by atoms with Crippen molar-refractivity contribution >= 4 is 0 Å². The Morgan fingerprint density at radius 1 is 1.13 bits per heavy atom. The Hall–Kier alpha value is -1.84. The summed E-state index contributed by atoms with van der Waals surface area (Å²) in [6.07, 6.45) is 1.87. The quantitative estimate of drug-likeness (QED) is 0.885. The highest BCUT2D eigenvalue weighted by Gasteiger charge is 2.27. The van der Waals surface area contributed by atoms with Gasteiger partial charge in [-0.3, -0.25) is 4.90 Å². The number of rotatable bonds is 6. The molecule has 0 amide bonds. The van der Waals surface area contributed by atoms with E-state index in [-0.39, 0.29) is 0 Å². The molecule has 0 saturated carbocycles. The van der Waals surface area contributed by atoms with Crippen molar-refractivity contribution in [1.29, 1.82) is 0 Å². The Kier molecular flexibility index (Phi) is 5.31. The second-order valence-corrected chi connectivity index (χ2v) is 6.29. The van der Waals surface area contributed by atoms with Crippen molar-refractivity contribution in [2.75, 3.05) is 19.7 Å². The minimum atomic E-state index is -0.473. The van der Waals surface area contributed by atoms with Gasteiger partial charge in [-0.05, 0) is 43.5 Å². The van der Waals surface area contributed by atoms with E-state index in [1.54, 1.807) is 0 Å². The Balaban J connectivity index is 1.55. The number of aliphatic hydroxyl groups is 1. The van der Waals surface area contributed by atoms with Crippen LogP contribution in [0, 0.1) is 6.92 Å². The summed E-state index contributed by atoms with van der Waals surface area (Å²) in [5, 5.41) is 10.4. The molecule has 3 rings (SSSR count). The van der Waals surface area contributed by atoms with E-state index in [2.05, 4.69) is 29.2 Å². The van der Waals surface area contributed by atoms with Gasteiger partial charge < -0.3 is 9.84 Å². The summed E-state index contributed by atoms with van der Waals surface area (Å²) in [5.41, 5.74) is 2.44. The number of aliphatic hydroxyl groups excluding tert-OH is 1. The van der Waals surface area contributed by atoms with Crippen molar-refractivity contribution in [3.63, 3.8) is 0 Å². The number of benzene rings is 2. The average molecular weight is 311 g/mol. The number of β-amino-alcohol motifs (C(OH)–C–C–N with tert-alkyl or cyclic N) is 1. The van der Waals surface area contributed by atoms with Crippen molar-refractivity contribution in [1.82, 2.24) is 4.90 Å². The lowest BCUT2D eigenvalue weighted by Gasteiger charge is -2.27. The molecule has 0 spiro atoms. The van der Waals surface area contributed by atoms with Crippen LogP contribution in [-0.4, -0.2) is 35.8 Å². The fourth-order valence-corrected chi connectivity index (χ4v) is 3.33. The predicted octanol–water partition coefficient (Wildman–Crippen LogP) is 3.57. The van der Waals surface area contributed by atoms with E-state index in [9.17, 15) is 5.11 Å². The molecule has 0 aliphatic carbocycles. The third-order valence-electron chi connectivity index (χ3n) is 4.52. The third kappa shape index (κ3) is 4.12. The highest BCUT2D eigenvalue weighted by atomic mass is 16.5. The molecule has 2 atom stereocenters. The molecule has 1 saturated heterocycles. The molecule has 2 unspecified atom stereocenters. The van der Waals surface area contributed by atoms with Gasteiger partial charge in [0.1, 0.15) is 18.5 Å². The molecule has 1 fully saturated rings. The van der Waals surface area contributed by atoms with E-state index in [1.165, 1.54) is 12.0 Å². The maximum absolute atomic E-state index is 10.4. The zero-order valence-electron chi connectivity index (χ0n) is 13.7. The van der Waals surface area contributed by atoms with Crippen LogP contribution in [0.3, 0.4) is 0 Å². The van der Waals surface area contributed by atoms with Crippen LogP contribution in [0.25, 0.3) is 0 Å². The summed E-state index contributed by atoms with van der Waals surface area (Å²) in [5.74, 6) is 0.854. The molecular formula is C20H25NO2. The van der Waals surface area contributed by atoms with Crippen LogP contribution >= 0.6 is 0 Å². The highest BCUT2D eigenvalue weighted by Crippen LogP contribution is 2.31. The monoisotopic (exact) mass is 311 g/mol. The number of aryl methyl sites for hydroxylation is 1. The molecule has 0 bridgehead atoms. The molecule has 23 heavy (non-hydrogen) atoms. The van der Waals surface area contributed by atoms with Gasteiger partial charge in [-0.15, -0.1) is 0 Å². The van der Waals surface area contributed by atoms with Gasteiger partial charge in [0.15, 0.2) is 0 Å². The molecule has 0 radical (unpaired) electrons. The molecule has 3 heteroatoms. The second kappa shape index (κ2) is 7.62. The zero-order chi connectivity index (χ0) is 16.1. The van der Waals surface area contributed by atoms with Gasteiger partial charge in [0, 0.05) is 12.6 Å². The molecular weight excluding hydrogens is 286 g/mol. The van der Waals surface area contributed by atoms with Gasteiger partial charge in [-0.2, -0.15) is 0 Å². The van der Waals surface area contributed by atoms with Crippen molar-refractivity contribution in [2.24, 2.45) is 0 Å². The second-order valence-electron chi connectivity index (χ2n) is 6.29. The summed E-state index contributed by atoms with van der Waals surface area (Å²) in [4.78, 5) is 2.38. The number of para-hydroxylation sites is 1. The minimum Gasteiger partial charge on any atom is -0.491 e. The van der Waals surface area contributed by atoms with Gasteiger partial charge in [0.05, 0.1) is 0 Å². The van der Waals surface area contributed by atoms with Crippen molar-refractivity contribution < 1.29 is 9.84 Å². The van der Waals surface area contributed by atoms with Crippen molar-refractivity contribution in [3.05, 3.63) is 65.7 Å². The highest BCUT2D eigenvalue weighted by molar-refractivity contribution is 5.31. The largest absolute Gasteiger partial charge is 0.491 e. The maximum atomic E-state index is 10.4. The first-order valence-corrected chi connectivity index (χ1v) is 8.39. The summed E-state index contributed by atoms with van der Waals surface area (Å²) < 4.78 is 5.77. The summed E-state index contributed by atoms with van der Waals surface area (Å²) in [6, 6.07) is 18.9. The topological polar surface area (TPSA) is 32.7 Å². The molecule has 1 aliphatic heterocycles. The van der Waals surface area contributed by atoms with Gasteiger partial charge in [0.2, 0.25) is 0 Å². The van der Waals surface area contributed by atoms with Crippen LogP contribution in [0.4, 0.5) is 0 Å². The van der Waals surface area contributed by atoms with Crippen LogP contribution < -0.4 is 4.74 Å². The van der Waals surface area contributed by atoms with E-state index in [0.717, 1.165) is 24.3 Å². The molecule has 1 N–H and O–H groups in total. The fourth-order valence-electron chi connectivity index (χ4n) is 3.33. The van der Waals surface area contributed by atoms with Crippen LogP contribution in [0.15, 0.2) is 54.6 Å². The summed E-state index contributed by atoms with van der Waals surface area (Å²) in [6.45, 7) is 4.06. The lowest BCUT2D eigenvalue weighted by Crippen LogP contribution is -2.35.